The van der Waals surface area contributed by atoms with Gasteiger partial charge >= 0.3 is 0 Å². The number of anilines is 1. The quantitative estimate of drug-likeness (QED) is 0.748. The molecule has 1 aromatic carbocycles. The van der Waals surface area contributed by atoms with E-state index in [4.69, 9.17) is 5.73 Å². The number of nitrogens with one attached hydrogen (secondary N) is 2. The van der Waals surface area contributed by atoms with E-state index in [0.717, 1.165) is 19.3 Å². The van der Waals surface area contributed by atoms with Gasteiger partial charge in [0.25, 0.3) is 0 Å². The summed E-state index contributed by atoms with van der Waals surface area (Å²) in [6.45, 7) is 0. The summed E-state index contributed by atoms with van der Waals surface area (Å²) >= 11 is 0. The van der Waals surface area contributed by atoms with Crippen LogP contribution in [-0.2, 0) is 14.8 Å². The third-order valence-electron chi connectivity index (χ3n) is 3.58. The van der Waals surface area contributed by atoms with Crippen LogP contribution < -0.4 is 15.8 Å². The molecule has 20 heavy (non-hydrogen) atoms. The molecule has 7 heteroatoms. The SMILES string of the molecule is CNS(=O)(=O)c1ccc(NC(=O)CC2(N)CCC2)cc1. The molecular formula is C13H19N3O3S. The fraction of sp³-hybridized carbons (Fsp3) is 0.462. The standard InChI is InChI=1S/C13H19N3O3S/c1-15-20(18,19)11-5-3-10(4-6-11)16-12(17)9-13(14)7-2-8-13/h3-6,15H,2,7-9,14H2,1H3,(H,16,17). The summed E-state index contributed by atoms with van der Waals surface area (Å²) in [4.78, 5) is 12.0. The maximum atomic E-state index is 11.8. The first-order valence-corrected chi connectivity index (χ1v) is 7.95. The van der Waals surface area contributed by atoms with Crippen molar-refractivity contribution in [3.8, 4) is 0 Å². The zero-order valence-electron chi connectivity index (χ0n) is 11.3. The minimum absolute atomic E-state index is 0.142. The summed E-state index contributed by atoms with van der Waals surface area (Å²) in [5.41, 5.74) is 6.21. The molecule has 0 saturated heterocycles. The van der Waals surface area contributed by atoms with Gasteiger partial charge in [0.2, 0.25) is 15.9 Å². The molecular weight excluding hydrogens is 278 g/mol. The van der Waals surface area contributed by atoms with Crippen LogP contribution in [-0.4, -0.2) is 26.9 Å². The summed E-state index contributed by atoms with van der Waals surface area (Å²) in [5.74, 6) is -0.142. The van der Waals surface area contributed by atoms with Crippen molar-refractivity contribution >= 4 is 21.6 Å². The first-order valence-electron chi connectivity index (χ1n) is 6.47. The Hall–Kier alpha value is -1.44. The first kappa shape index (κ1) is 15.0. The molecule has 0 bridgehead atoms. The van der Waals surface area contributed by atoms with Gasteiger partial charge in [-0.25, -0.2) is 13.1 Å². The molecule has 1 amide bonds. The van der Waals surface area contributed by atoms with Crippen molar-refractivity contribution in [1.29, 1.82) is 0 Å². The van der Waals surface area contributed by atoms with E-state index in [0.29, 0.717) is 12.1 Å². The van der Waals surface area contributed by atoms with Crippen molar-refractivity contribution in [1.82, 2.24) is 4.72 Å². The number of benzene rings is 1. The molecule has 1 fully saturated rings. The predicted octanol–water partition coefficient (Wildman–Crippen LogP) is 0.805. The van der Waals surface area contributed by atoms with Crippen molar-refractivity contribution < 1.29 is 13.2 Å². The Bertz CT molecular complexity index is 592. The number of carbonyl (C=O) groups excluding carboxylic acids is 1. The molecule has 0 atom stereocenters. The van der Waals surface area contributed by atoms with Gasteiger partial charge in [0, 0.05) is 17.6 Å². The van der Waals surface area contributed by atoms with E-state index in [1.807, 2.05) is 0 Å². The Balaban J connectivity index is 1.98. The number of carbonyl (C=O) groups is 1. The molecule has 1 aromatic rings. The van der Waals surface area contributed by atoms with Crippen LogP contribution in [0.2, 0.25) is 0 Å². The Labute approximate surface area is 118 Å². The van der Waals surface area contributed by atoms with Crippen molar-refractivity contribution in [2.75, 3.05) is 12.4 Å². The van der Waals surface area contributed by atoms with Crippen LogP contribution in [0.5, 0.6) is 0 Å². The molecule has 0 aliphatic heterocycles. The Kier molecular flexibility index (Phi) is 4.12. The highest BCUT2D eigenvalue weighted by Crippen LogP contribution is 2.32. The highest BCUT2D eigenvalue weighted by Gasteiger charge is 2.34. The van der Waals surface area contributed by atoms with Crippen LogP contribution in [0.3, 0.4) is 0 Å². The van der Waals surface area contributed by atoms with Gasteiger partial charge < -0.3 is 11.1 Å². The summed E-state index contributed by atoms with van der Waals surface area (Å²) in [6, 6.07) is 6.02. The Morgan fingerprint density at radius 3 is 2.35 bits per heavy atom. The van der Waals surface area contributed by atoms with Gasteiger partial charge in [-0.05, 0) is 50.6 Å². The average molecular weight is 297 g/mol. The number of rotatable bonds is 5. The Morgan fingerprint density at radius 1 is 1.30 bits per heavy atom. The molecule has 1 saturated carbocycles. The van der Waals surface area contributed by atoms with E-state index in [1.54, 1.807) is 12.1 Å². The van der Waals surface area contributed by atoms with E-state index >= 15 is 0 Å². The van der Waals surface area contributed by atoms with Gasteiger partial charge in [-0.2, -0.15) is 0 Å². The van der Waals surface area contributed by atoms with Gasteiger partial charge in [-0.1, -0.05) is 0 Å². The van der Waals surface area contributed by atoms with Gasteiger partial charge in [0.05, 0.1) is 4.90 Å². The fourth-order valence-electron chi connectivity index (χ4n) is 2.17. The normalized spacial score (nSPS) is 17.3. The molecule has 6 nitrogen and oxygen atoms in total. The van der Waals surface area contributed by atoms with E-state index in [9.17, 15) is 13.2 Å². The van der Waals surface area contributed by atoms with E-state index in [-0.39, 0.29) is 16.3 Å². The number of nitrogens with two attached hydrogens (primary N) is 1. The number of sulfonamides is 1. The minimum atomic E-state index is -3.45. The van der Waals surface area contributed by atoms with E-state index in [2.05, 4.69) is 10.0 Å². The minimum Gasteiger partial charge on any atom is -0.326 e. The van der Waals surface area contributed by atoms with Crippen LogP contribution in [0.1, 0.15) is 25.7 Å². The molecule has 1 aliphatic rings. The lowest BCUT2D eigenvalue weighted by molar-refractivity contribution is -0.118. The zero-order valence-corrected chi connectivity index (χ0v) is 12.2. The van der Waals surface area contributed by atoms with Gasteiger partial charge in [-0.15, -0.1) is 0 Å². The molecule has 2 rings (SSSR count). The Morgan fingerprint density at radius 2 is 1.90 bits per heavy atom. The lowest BCUT2D eigenvalue weighted by Gasteiger charge is -2.37. The molecule has 0 radical (unpaired) electrons. The molecule has 1 aliphatic carbocycles. The van der Waals surface area contributed by atoms with Crippen LogP contribution in [0, 0.1) is 0 Å². The molecule has 0 unspecified atom stereocenters. The highest BCUT2D eigenvalue weighted by atomic mass is 32.2. The number of hydrogen-bond acceptors (Lipinski definition) is 4. The molecule has 4 N–H and O–H groups in total. The second-order valence-corrected chi connectivity index (χ2v) is 7.06. The molecule has 110 valence electrons. The summed E-state index contributed by atoms with van der Waals surface area (Å²) in [7, 11) is -2.10. The number of hydrogen-bond donors (Lipinski definition) is 3. The topological polar surface area (TPSA) is 101 Å². The van der Waals surface area contributed by atoms with Gasteiger partial charge in [0.15, 0.2) is 0 Å². The average Bonchev–Trinajstić information content (AvgIpc) is 2.37. The summed E-state index contributed by atoms with van der Waals surface area (Å²) in [5, 5.41) is 2.73. The zero-order chi connectivity index (χ0) is 14.8. The first-order chi connectivity index (χ1) is 9.35. The third kappa shape index (κ3) is 3.36. The van der Waals surface area contributed by atoms with E-state index in [1.165, 1.54) is 19.2 Å². The van der Waals surface area contributed by atoms with Crippen LogP contribution in [0.4, 0.5) is 5.69 Å². The summed E-state index contributed by atoms with van der Waals surface area (Å²) in [6.07, 6.45) is 3.11. The lowest BCUT2D eigenvalue weighted by Crippen LogP contribution is -2.48. The van der Waals surface area contributed by atoms with E-state index < -0.39 is 10.0 Å². The van der Waals surface area contributed by atoms with Gasteiger partial charge in [-0.3, -0.25) is 4.79 Å². The van der Waals surface area contributed by atoms with Gasteiger partial charge in [0.1, 0.15) is 0 Å². The molecule has 0 heterocycles. The largest absolute Gasteiger partial charge is 0.326 e. The maximum absolute atomic E-state index is 11.8. The predicted molar refractivity (Wildman–Crippen MR) is 76.7 cm³/mol. The monoisotopic (exact) mass is 297 g/mol. The number of amides is 1. The highest BCUT2D eigenvalue weighted by molar-refractivity contribution is 7.89. The van der Waals surface area contributed by atoms with Crippen molar-refractivity contribution in [3.05, 3.63) is 24.3 Å². The second kappa shape index (κ2) is 5.51. The van der Waals surface area contributed by atoms with Crippen LogP contribution in [0.15, 0.2) is 29.2 Å². The van der Waals surface area contributed by atoms with Crippen LogP contribution in [0.25, 0.3) is 0 Å². The lowest BCUT2D eigenvalue weighted by atomic mass is 9.75. The van der Waals surface area contributed by atoms with Crippen molar-refractivity contribution in [3.63, 3.8) is 0 Å². The third-order valence-corrected chi connectivity index (χ3v) is 5.01. The fourth-order valence-corrected chi connectivity index (χ4v) is 2.90. The molecule has 0 spiro atoms. The molecule has 0 aromatic heterocycles. The smallest absolute Gasteiger partial charge is 0.240 e. The van der Waals surface area contributed by atoms with Crippen molar-refractivity contribution in [2.24, 2.45) is 5.73 Å². The second-order valence-electron chi connectivity index (χ2n) is 5.17. The maximum Gasteiger partial charge on any atom is 0.240 e. The van der Waals surface area contributed by atoms with Crippen LogP contribution >= 0.6 is 0 Å². The summed E-state index contributed by atoms with van der Waals surface area (Å²) < 4.78 is 25.3. The van der Waals surface area contributed by atoms with Crippen molar-refractivity contribution in [2.45, 2.75) is 36.1 Å².